The monoisotopic (exact) mass is 306 g/mol. The Hall–Kier alpha value is -2.49. The molecule has 0 bridgehead atoms. The minimum Gasteiger partial charge on any atom is -0.296 e. The van der Waals surface area contributed by atoms with E-state index in [1.807, 2.05) is 30.6 Å². The highest BCUT2D eigenvalue weighted by Crippen LogP contribution is 2.31. The molecule has 118 valence electrons. The Kier molecular flexibility index (Phi) is 4.24. The van der Waals surface area contributed by atoms with Crippen LogP contribution in [0.15, 0.2) is 49.1 Å². The third kappa shape index (κ3) is 2.89. The molecule has 0 spiro atoms. The molecule has 0 atom stereocenters. The van der Waals surface area contributed by atoms with Crippen LogP contribution in [0, 0.1) is 0 Å². The van der Waals surface area contributed by atoms with E-state index in [1.165, 1.54) is 0 Å². The van der Waals surface area contributed by atoms with E-state index in [-0.39, 0.29) is 0 Å². The lowest BCUT2D eigenvalue weighted by Gasteiger charge is -2.19. The summed E-state index contributed by atoms with van der Waals surface area (Å²) in [5.74, 6) is 1.55. The van der Waals surface area contributed by atoms with Gasteiger partial charge in [0.25, 0.3) is 0 Å². The molecule has 0 unspecified atom stereocenters. The Morgan fingerprint density at radius 2 is 1.43 bits per heavy atom. The fraction of sp³-hybridized carbons (Fsp3) is 0.316. The summed E-state index contributed by atoms with van der Waals surface area (Å²) in [5.41, 5.74) is 4.26. The van der Waals surface area contributed by atoms with Crippen molar-refractivity contribution in [3.63, 3.8) is 0 Å². The molecule has 0 fully saturated rings. The summed E-state index contributed by atoms with van der Waals surface area (Å²) in [7, 11) is 0. The van der Waals surface area contributed by atoms with Gasteiger partial charge < -0.3 is 0 Å². The Morgan fingerprint density at radius 3 is 2.00 bits per heavy atom. The molecule has 23 heavy (non-hydrogen) atoms. The first-order valence-corrected chi connectivity index (χ1v) is 8.03. The van der Waals surface area contributed by atoms with E-state index in [9.17, 15) is 0 Å². The third-order valence-electron chi connectivity index (χ3n) is 3.89. The molecule has 0 radical (unpaired) electrons. The Labute approximate surface area is 137 Å². The molecule has 4 heteroatoms. The predicted molar refractivity (Wildman–Crippen MR) is 92.8 cm³/mol. The van der Waals surface area contributed by atoms with Crippen molar-refractivity contribution < 1.29 is 0 Å². The highest BCUT2D eigenvalue weighted by atomic mass is 15.1. The van der Waals surface area contributed by atoms with E-state index in [0.29, 0.717) is 11.8 Å². The third-order valence-corrected chi connectivity index (χ3v) is 3.89. The quantitative estimate of drug-likeness (QED) is 0.709. The van der Waals surface area contributed by atoms with Crippen molar-refractivity contribution in [2.75, 3.05) is 0 Å². The van der Waals surface area contributed by atoms with Crippen molar-refractivity contribution in [2.45, 2.75) is 39.5 Å². The molecule has 0 saturated heterocycles. The maximum atomic E-state index is 4.57. The topological polar surface area (TPSA) is 43.6 Å². The molecule has 0 aliphatic rings. The molecule has 3 aromatic rings. The first kappa shape index (κ1) is 15.4. The number of hydrogen-bond donors (Lipinski definition) is 0. The summed E-state index contributed by atoms with van der Waals surface area (Å²) in [4.78, 5) is 13.7. The van der Waals surface area contributed by atoms with Crippen molar-refractivity contribution in [3.05, 3.63) is 60.4 Å². The molecular formula is C19H22N4. The maximum Gasteiger partial charge on any atom is 0.144 e. The highest BCUT2D eigenvalue weighted by molar-refractivity contribution is 5.60. The summed E-state index contributed by atoms with van der Waals surface area (Å²) in [6, 6.07) is 10.2. The van der Waals surface area contributed by atoms with Gasteiger partial charge in [-0.25, -0.2) is 15.0 Å². The number of rotatable bonds is 4. The molecule has 2 heterocycles. The second-order valence-corrected chi connectivity index (χ2v) is 6.29. The fourth-order valence-electron chi connectivity index (χ4n) is 2.78. The number of nitrogens with zero attached hydrogens (tertiary/aromatic N) is 4. The van der Waals surface area contributed by atoms with Crippen molar-refractivity contribution in [2.24, 2.45) is 0 Å². The summed E-state index contributed by atoms with van der Waals surface area (Å²) in [6.45, 7) is 8.65. The van der Waals surface area contributed by atoms with Crippen LogP contribution >= 0.6 is 0 Å². The van der Waals surface area contributed by atoms with Crippen LogP contribution in [0.3, 0.4) is 0 Å². The molecule has 4 nitrogen and oxygen atoms in total. The van der Waals surface area contributed by atoms with Crippen LogP contribution in [0.25, 0.3) is 17.1 Å². The van der Waals surface area contributed by atoms with Crippen LogP contribution in [-0.4, -0.2) is 19.5 Å². The normalized spacial score (nSPS) is 11.4. The van der Waals surface area contributed by atoms with Gasteiger partial charge in [-0.05, 0) is 11.8 Å². The number of benzene rings is 1. The van der Waals surface area contributed by atoms with Crippen molar-refractivity contribution in [3.8, 4) is 17.1 Å². The lowest BCUT2D eigenvalue weighted by atomic mass is 10.0. The fourth-order valence-corrected chi connectivity index (χ4v) is 2.78. The summed E-state index contributed by atoms with van der Waals surface area (Å²) in [6.07, 6.45) is 5.51. The molecular weight excluding hydrogens is 284 g/mol. The van der Waals surface area contributed by atoms with Crippen LogP contribution in [0.2, 0.25) is 0 Å². The zero-order valence-electron chi connectivity index (χ0n) is 14.1. The molecule has 2 aromatic heterocycles. The Balaban J connectivity index is 2.26. The molecule has 0 amide bonds. The molecule has 1 aromatic carbocycles. The number of hydrogen-bond acceptors (Lipinski definition) is 3. The molecule has 0 N–H and O–H groups in total. The van der Waals surface area contributed by atoms with Gasteiger partial charge in [0.2, 0.25) is 0 Å². The van der Waals surface area contributed by atoms with Gasteiger partial charge in [0, 0.05) is 18.0 Å². The van der Waals surface area contributed by atoms with Crippen LogP contribution in [0.1, 0.15) is 50.9 Å². The van der Waals surface area contributed by atoms with Crippen molar-refractivity contribution >= 4 is 0 Å². The summed E-state index contributed by atoms with van der Waals surface area (Å²) < 4.78 is 2.12. The zero-order valence-corrected chi connectivity index (χ0v) is 14.1. The molecule has 0 saturated carbocycles. The van der Waals surface area contributed by atoms with Gasteiger partial charge in [0.05, 0.1) is 17.1 Å². The van der Waals surface area contributed by atoms with E-state index in [1.54, 1.807) is 6.33 Å². The maximum absolute atomic E-state index is 4.57. The van der Waals surface area contributed by atoms with Crippen molar-refractivity contribution in [1.82, 2.24) is 19.5 Å². The number of imidazole rings is 1. The van der Waals surface area contributed by atoms with Gasteiger partial charge in [-0.2, -0.15) is 0 Å². The smallest absolute Gasteiger partial charge is 0.144 e. The van der Waals surface area contributed by atoms with Gasteiger partial charge >= 0.3 is 0 Å². The summed E-state index contributed by atoms with van der Waals surface area (Å²) in [5, 5.41) is 0. The Bertz CT molecular complexity index is 762. The largest absolute Gasteiger partial charge is 0.296 e. The van der Waals surface area contributed by atoms with Crippen LogP contribution in [-0.2, 0) is 0 Å². The van der Waals surface area contributed by atoms with Gasteiger partial charge in [0.1, 0.15) is 12.2 Å². The van der Waals surface area contributed by atoms with E-state index in [2.05, 4.69) is 59.3 Å². The average Bonchev–Trinajstić information content (AvgIpc) is 3.04. The lowest BCUT2D eigenvalue weighted by Crippen LogP contribution is -2.11. The molecule has 0 aliphatic heterocycles. The van der Waals surface area contributed by atoms with E-state index in [4.69, 9.17) is 0 Å². The van der Waals surface area contributed by atoms with E-state index in [0.717, 1.165) is 28.5 Å². The lowest BCUT2D eigenvalue weighted by molar-refractivity contribution is 0.743. The van der Waals surface area contributed by atoms with Crippen LogP contribution in [0.4, 0.5) is 0 Å². The molecule has 0 aliphatic carbocycles. The second-order valence-electron chi connectivity index (χ2n) is 6.29. The van der Waals surface area contributed by atoms with Crippen molar-refractivity contribution in [1.29, 1.82) is 0 Å². The standard InChI is InChI=1S/C19H22N4/c1-13(2)16-18(17(14(3)4)22-12-21-16)23-11-10-20-19(23)15-8-6-5-7-9-15/h5-14H,1-4H3. The highest BCUT2D eigenvalue weighted by Gasteiger charge is 2.20. The number of aromatic nitrogens is 4. The van der Waals surface area contributed by atoms with Gasteiger partial charge in [-0.3, -0.25) is 4.57 Å². The minimum atomic E-state index is 0.316. The Morgan fingerprint density at radius 1 is 0.826 bits per heavy atom. The second kappa shape index (κ2) is 6.32. The summed E-state index contributed by atoms with van der Waals surface area (Å²) >= 11 is 0. The van der Waals surface area contributed by atoms with E-state index < -0.39 is 0 Å². The SMILES string of the molecule is CC(C)c1ncnc(C(C)C)c1-n1ccnc1-c1ccccc1. The van der Waals surface area contributed by atoms with Gasteiger partial charge in [0.15, 0.2) is 0 Å². The predicted octanol–water partition coefficient (Wildman–Crippen LogP) is 4.58. The van der Waals surface area contributed by atoms with Crippen LogP contribution < -0.4 is 0 Å². The van der Waals surface area contributed by atoms with Gasteiger partial charge in [-0.15, -0.1) is 0 Å². The van der Waals surface area contributed by atoms with Gasteiger partial charge in [-0.1, -0.05) is 58.0 Å². The average molecular weight is 306 g/mol. The molecule has 3 rings (SSSR count). The first-order chi connectivity index (χ1) is 11.1. The first-order valence-electron chi connectivity index (χ1n) is 8.03. The van der Waals surface area contributed by atoms with Crippen LogP contribution in [0.5, 0.6) is 0 Å². The minimum absolute atomic E-state index is 0.316. The van der Waals surface area contributed by atoms with E-state index >= 15 is 0 Å². The zero-order chi connectivity index (χ0) is 16.4.